The van der Waals surface area contributed by atoms with Crippen molar-refractivity contribution in [3.63, 3.8) is 0 Å². The van der Waals surface area contributed by atoms with Gasteiger partial charge < -0.3 is 64.2 Å². The van der Waals surface area contributed by atoms with Crippen LogP contribution in [-0.2, 0) is 44.4 Å². The summed E-state index contributed by atoms with van der Waals surface area (Å²) >= 11 is 0. The lowest BCUT2D eigenvalue weighted by Gasteiger charge is -2.48. The van der Waals surface area contributed by atoms with Gasteiger partial charge in [0.2, 0.25) is 5.91 Å². The molecule has 1 aromatic carbocycles. The number of benzene rings is 1. The van der Waals surface area contributed by atoms with Gasteiger partial charge >= 0.3 is 5.97 Å². The van der Waals surface area contributed by atoms with Crippen LogP contribution in [0, 0.1) is 17.8 Å². The van der Waals surface area contributed by atoms with E-state index >= 15 is 0 Å². The summed E-state index contributed by atoms with van der Waals surface area (Å²) in [6.45, 7) is 17.7. The molecular formula is C47H81N3O13. The van der Waals surface area contributed by atoms with Gasteiger partial charge in [-0.2, -0.15) is 0 Å². The number of amides is 1. The number of esters is 1. The Bertz CT molecular complexity index is 1590. The molecule has 3 saturated heterocycles. The summed E-state index contributed by atoms with van der Waals surface area (Å²) in [7, 11) is 5.24. The first-order valence-electron chi connectivity index (χ1n) is 22.9. The largest absolute Gasteiger partial charge is 0.459 e. The minimum absolute atomic E-state index is 0.0941. The number of methoxy groups -OCH3 is 1. The number of hydrogen-bond donors (Lipinski definition) is 6. The van der Waals surface area contributed by atoms with E-state index in [9.17, 15) is 35.1 Å². The third-order valence-electron chi connectivity index (χ3n) is 14.0. The first-order valence-corrected chi connectivity index (χ1v) is 22.9. The van der Waals surface area contributed by atoms with Crippen molar-refractivity contribution in [2.75, 3.05) is 40.8 Å². The molecular weight excluding hydrogens is 815 g/mol. The maximum atomic E-state index is 14.5. The molecule has 3 aliphatic rings. The van der Waals surface area contributed by atoms with Crippen molar-refractivity contribution in [1.82, 2.24) is 15.1 Å². The van der Waals surface area contributed by atoms with Gasteiger partial charge in [-0.3, -0.25) is 14.5 Å². The van der Waals surface area contributed by atoms with Gasteiger partial charge in [-0.05, 0) is 99.7 Å². The highest BCUT2D eigenvalue weighted by Gasteiger charge is 2.53. The quantitative estimate of drug-likeness (QED) is 0.167. The van der Waals surface area contributed by atoms with Gasteiger partial charge in [0, 0.05) is 44.6 Å². The van der Waals surface area contributed by atoms with Crippen LogP contribution < -0.4 is 5.32 Å². The molecule has 18 atom stereocenters. The average molecular weight is 896 g/mol. The molecule has 0 unspecified atom stereocenters. The SMILES string of the molecule is CC[C@H]1OC(=O)[C@H](C)[C@@H](O[C@H]2C[C@@](C)(OC)[C@@H](O)[C@H](C)O2)[C@H](C)[C@@H](O[C@@H]2O[C@H](C)C[C@H](N(C)C)[C@H]2O)[C@](C)(O)C[C@@H](C)CN(CC(=O)NCCc2ccccc2)[C@H](C)[C@@H](O)[C@]1(C)O. The van der Waals surface area contributed by atoms with Gasteiger partial charge in [0.05, 0.1) is 48.1 Å². The van der Waals surface area contributed by atoms with Crippen LogP contribution in [0.5, 0.6) is 0 Å². The van der Waals surface area contributed by atoms with Crippen LogP contribution in [0.25, 0.3) is 0 Å². The number of nitrogens with one attached hydrogen (secondary N) is 1. The number of nitrogens with zero attached hydrogens (tertiary/aromatic N) is 2. The predicted octanol–water partition coefficient (Wildman–Crippen LogP) is 2.63. The van der Waals surface area contributed by atoms with Crippen LogP contribution in [0.4, 0.5) is 0 Å². The number of carbonyl (C=O) groups excluding carboxylic acids is 2. The Kier molecular flexibility index (Phi) is 19.0. The van der Waals surface area contributed by atoms with Gasteiger partial charge in [-0.15, -0.1) is 0 Å². The van der Waals surface area contributed by atoms with E-state index in [1.807, 2.05) is 63.2 Å². The molecule has 6 N–H and O–H groups in total. The molecule has 0 aromatic heterocycles. The standard InChI is InChI=1S/C47H81N3O13/c1-14-35-47(10,57)40(53)31(6)50(26-36(51)48-21-20-33-18-16-15-17-19-33)25-27(2)23-45(8,56)42(63-44-38(52)34(49(11)12)22-28(3)59-44)29(4)39(30(5)43(55)61-35)62-37-24-46(9,58-13)41(54)32(7)60-37/h15-19,27-32,34-35,37-42,44,52-54,56-57H,14,20-26H2,1-13H3,(H,48,51)/t27-,28-,29+,30-,31-,32+,34+,35-,37+,38-,39+,40-,41+,42-,44+,45-,46-,47-/m1/s1. The van der Waals surface area contributed by atoms with E-state index < -0.39 is 96.0 Å². The summed E-state index contributed by atoms with van der Waals surface area (Å²) in [6.07, 6.45) is -8.69. The lowest BCUT2D eigenvalue weighted by atomic mass is 9.77. The zero-order valence-electron chi connectivity index (χ0n) is 40.1. The molecule has 3 aliphatic heterocycles. The summed E-state index contributed by atoms with van der Waals surface area (Å²) in [4.78, 5) is 31.8. The van der Waals surface area contributed by atoms with Crippen LogP contribution in [-0.4, -0.2) is 178 Å². The fourth-order valence-corrected chi connectivity index (χ4v) is 10.0. The monoisotopic (exact) mass is 896 g/mol. The van der Waals surface area contributed by atoms with Gasteiger partial charge in [-0.25, -0.2) is 0 Å². The Morgan fingerprint density at radius 3 is 2.21 bits per heavy atom. The number of aliphatic hydroxyl groups is 5. The fourth-order valence-electron chi connectivity index (χ4n) is 10.0. The van der Waals surface area contributed by atoms with E-state index in [1.54, 1.807) is 53.4 Å². The van der Waals surface area contributed by atoms with Crippen molar-refractivity contribution >= 4 is 11.9 Å². The highest BCUT2D eigenvalue weighted by Crippen LogP contribution is 2.40. The molecule has 0 radical (unpaired) electrons. The maximum absolute atomic E-state index is 14.5. The molecule has 362 valence electrons. The lowest BCUT2D eigenvalue weighted by Crippen LogP contribution is -2.60. The van der Waals surface area contributed by atoms with E-state index in [4.69, 9.17) is 28.4 Å². The smallest absolute Gasteiger partial charge is 0.311 e. The second-order valence-corrected chi connectivity index (χ2v) is 19.7. The van der Waals surface area contributed by atoms with Crippen molar-refractivity contribution in [2.45, 2.75) is 192 Å². The van der Waals surface area contributed by atoms with E-state index in [-0.39, 0.29) is 56.3 Å². The zero-order chi connectivity index (χ0) is 47.2. The third kappa shape index (κ3) is 13.2. The fraction of sp³-hybridized carbons (Fsp3) is 0.830. The number of ether oxygens (including phenoxy) is 6. The summed E-state index contributed by atoms with van der Waals surface area (Å²) in [5.74, 6) is -3.29. The number of likely N-dealkylation sites (N-methyl/N-ethyl adjacent to an activating group) is 1. The molecule has 3 heterocycles. The zero-order valence-corrected chi connectivity index (χ0v) is 40.1. The minimum Gasteiger partial charge on any atom is -0.459 e. The van der Waals surface area contributed by atoms with Gasteiger partial charge in [-0.1, -0.05) is 51.1 Å². The van der Waals surface area contributed by atoms with Crippen LogP contribution in [0.3, 0.4) is 0 Å². The van der Waals surface area contributed by atoms with E-state index in [2.05, 4.69) is 5.32 Å². The van der Waals surface area contributed by atoms with Crippen molar-refractivity contribution in [1.29, 1.82) is 0 Å². The maximum Gasteiger partial charge on any atom is 0.311 e. The van der Waals surface area contributed by atoms with Crippen molar-refractivity contribution < 1.29 is 63.5 Å². The topological polar surface area (TPSA) is 209 Å². The number of aliphatic hydroxyl groups excluding tert-OH is 3. The first-order chi connectivity index (χ1) is 29.4. The number of rotatable bonds is 12. The molecule has 16 nitrogen and oxygen atoms in total. The first kappa shape index (κ1) is 53.3. The Morgan fingerprint density at radius 1 is 0.952 bits per heavy atom. The Labute approximate surface area is 375 Å². The van der Waals surface area contributed by atoms with E-state index in [0.29, 0.717) is 19.4 Å². The highest BCUT2D eigenvalue weighted by atomic mass is 16.7. The number of hydrogen-bond acceptors (Lipinski definition) is 15. The summed E-state index contributed by atoms with van der Waals surface area (Å²) in [5, 5.41) is 62.6. The third-order valence-corrected chi connectivity index (χ3v) is 14.0. The molecule has 1 amide bonds. The Hall–Kier alpha value is -2.32. The molecule has 1 aromatic rings. The van der Waals surface area contributed by atoms with Crippen molar-refractivity contribution in [3.05, 3.63) is 35.9 Å². The molecule has 4 rings (SSSR count). The molecule has 0 aliphatic carbocycles. The van der Waals surface area contributed by atoms with E-state index in [0.717, 1.165) is 5.56 Å². The minimum atomic E-state index is -1.97. The van der Waals surface area contributed by atoms with Crippen LogP contribution >= 0.6 is 0 Å². The Balaban J connectivity index is 1.79. The molecule has 3 fully saturated rings. The Morgan fingerprint density at radius 2 is 1.60 bits per heavy atom. The normalized spacial score (nSPS) is 42.8. The van der Waals surface area contributed by atoms with Gasteiger partial charge in [0.1, 0.15) is 30.0 Å². The molecule has 63 heavy (non-hydrogen) atoms. The average Bonchev–Trinajstić information content (AvgIpc) is 3.22. The molecule has 0 saturated carbocycles. The van der Waals surface area contributed by atoms with Crippen molar-refractivity contribution in [2.24, 2.45) is 17.8 Å². The van der Waals surface area contributed by atoms with Crippen LogP contribution in [0.15, 0.2) is 30.3 Å². The van der Waals surface area contributed by atoms with Crippen molar-refractivity contribution in [3.8, 4) is 0 Å². The predicted molar refractivity (Wildman–Crippen MR) is 236 cm³/mol. The summed E-state index contributed by atoms with van der Waals surface area (Å²) in [6, 6.07) is 8.64. The second-order valence-electron chi connectivity index (χ2n) is 19.7. The van der Waals surface area contributed by atoms with Crippen LogP contribution in [0.2, 0.25) is 0 Å². The van der Waals surface area contributed by atoms with Gasteiger partial charge in [0.15, 0.2) is 12.6 Å². The highest BCUT2D eigenvalue weighted by molar-refractivity contribution is 5.78. The lowest BCUT2D eigenvalue weighted by molar-refractivity contribution is -0.318. The molecule has 0 spiro atoms. The molecule has 0 bridgehead atoms. The van der Waals surface area contributed by atoms with Crippen LogP contribution in [0.1, 0.15) is 100 Å². The van der Waals surface area contributed by atoms with Gasteiger partial charge in [0.25, 0.3) is 0 Å². The molecule has 16 heteroatoms. The number of cyclic esters (lactones) is 1. The summed E-state index contributed by atoms with van der Waals surface area (Å²) in [5.41, 5.74) is -3.66. The summed E-state index contributed by atoms with van der Waals surface area (Å²) < 4.78 is 37.9. The second kappa shape index (κ2) is 22.4. The number of carbonyl (C=O) groups is 2. The van der Waals surface area contributed by atoms with E-state index in [1.165, 1.54) is 14.0 Å².